The third kappa shape index (κ3) is 37.6. The third-order valence-electron chi connectivity index (χ3n) is 12.8. The van der Waals surface area contributed by atoms with Crippen molar-refractivity contribution in [1.82, 2.24) is 21.3 Å². The smallest absolute Gasteiger partial charge is 0.335 e. The van der Waals surface area contributed by atoms with Crippen molar-refractivity contribution in [3.8, 4) is 5.75 Å². The number of ether oxygens (including phenoxy) is 2. The number of guanidine groups is 4. The van der Waals surface area contributed by atoms with E-state index in [-0.39, 0.29) is 41.7 Å². The number of hydrogen-bond donors (Lipinski definition) is 22. The van der Waals surface area contributed by atoms with Gasteiger partial charge in [0.2, 0.25) is 0 Å². The van der Waals surface area contributed by atoms with E-state index in [2.05, 4.69) is 135 Å². The summed E-state index contributed by atoms with van der Waals surface area (Å²) < 4.78 is 12.6. The van der Waals surface area contributed by atoms with Crippen molar-refractivity contribution in [2.24, 2.45) is 5.41 Å². The Balaban J connectivity index is 0.00000129. The van der Waals surface area contributed by atoms with E-state index < -0.39 is 74.0 Å². The van der Waals surface area contributed by atoms with Gasteiger partial charge < -0.3 is 109 Å². The van der Waals surface area contributed by atoms with Crippen LogP contribution in [0.15, 0.2) is 103 Å². The minimum absolute atomic E-state index is 0. The van der Waals surface area contributed by atoms with Crippen molar-refractivity contribution in [2.75, 3.05) is 77.4 Å². The van der Waals surface area contributed by atoms with Crippen molar-refractivity contribution in [3.63, 3.8) is 0 Å². The molecular formula is C61H96Cl3N11O16. The highest BCUT2D eigenvalue weighted by Gasteiger charge is 2.35. The second-order valence-corrected chi connectivity index (χ2v) is 24.1. The van der Waals surface area contributed by atoms with Crippen LogP contribution in [0.25, 0.3) is 0 Å². The van der Waals surface area contributed by atoms with Crippen molar-refractivity contribution >= 4 is 70.4 Å². The molecule has 0 amide bonds. The third-order valence-corrected chi connectivity index (χ3v) is 13.4. The molecule has 0 fully saturated rings. The summed E-state index contributed by atoms with van der Waals surface area (Å²) in [6.07, 6.45) is -10.8. The highest BCUT2D eigenvalue weighted by atomic mass is 35.5. The molecule has 0 radical (unpaired) electrons. The molecule has 30 heteroatoms. The van der Waals surface area contributed by atoms with E-state index >= 15 is 0 Å². The van der Waals surface area contributed by atoms with Gasteiger partial charge in [0.15, 0.2) is 36.0 Å². The topological polar surface area (TPSA) is 463 Å². The van der Waals surface area contributed by atoms with Crippen LogP contribution in [0.2, 0.25) is 10.0 Å². The average molecular weight is 1350 g/mol. The zero-order valence-corrected chi connectivity index (χ0v) is 54.7. The van der Waals surface area contributed by atoms with Gasteiger partial charge >= 0.3 is 11.9 Å². The SMILES string of the molecule is CC(C)(C)CC(C)(C)c1ccc(OCCOCC[N+](C)(C)Cc2ccccc2)cc1.N=C(NCCCCCCNC(=N)NC(=N)Nc1ccc(Cl)cc1)NC(=N)Nc1ccc(Cl)cc1.O=C(O)[C@H](O)[C@@H](O)[C@H](O)[C@H](O)CO.O=C(O)[C@H](O)[C@@H](O)[C@H](O)[C@H](O)CO.[Cl-]. The predicted octanol–water partition coefficient (Wildman–Crippen LogP) is 0.265. The first kappa shape index (κ1) is 84.5. The second-order valence-electron chi connectivity index (χ2n) is 23.2. The van der Waals surface area contributed by atoms with Crippen LogP contribution >= 0.6 is 23.2 Å². The molecule has 0 bridgehead atoms. The summed E-state index contributed by atoms with van der Waals surface area (Å²) in [5.41, 5.74) is 4.61. The lowest BCUT2D eigenvalue weighted by Crippen LogP contribution is -3.00. The van der Waals surface area contributed by atoms with Gasteiger partial charge in [-0.2, -0.15) is 0 Å². The predicted molar refractivity (Wildman–Crippen MR) is 346 cm³/mol. The molecule has 0 saturated heterocycles. The zero-order chi connectivity index (χ0) is 68.2. The van der Waals surface area contributed by atoms with Gasteiger partial charge in [-0.05, 0) is 96.3 Å². The minimum Gasteiger partial charge on any atom is -1.00 e. The van der Waals surface area contributed by atoms with Gasteiger partial charge in [0, 0.05) is 40.1 Å². The number of hydrogen-bond acceptors (Lipinski definition) is 18. The number of carboxylic acids is 2. The molecule has 0 saturated carbocycles. The molecule has 0 aliphatic heterocycles. The first-order valence-corrected chi connectivity index (χ1v) is 29.6. The number of benzene rings is 4. The largest absolute Gasteiger partial charge is 1.00 e. The van der Waals surface area contributed by atoms with E-state index in [1.807, 2.05) is 0 Å². The monoisotopic (exact) mass is 1340 g/mol. The number of rotatable bonds is 30. The van der Waals surface area contributed by atoms with Crippen LogP contribution in [0, 0.1) is 27.1 Å². The van der Waals surface area contributed by atoms with Gasteiger partial charge in [0.1, 0.15) is 62.1 Å². The van der Waals surface area contributed by atoms with Crippen molar-refractivity contribution in [1.29, 1.82) is 21.6 Å². The number of anilines is 2. The molecule has 91 heavy (non-hydrogen) atoms. The summed E-state index contributed by atoms with van der Waals surface area (Å²) in [5.74, 6) is -2.43. The molecule has 512 valence electrons. The fourth-order valence-electron chi connectivity index (χ4n) is 8.34. The van der Waals surface area contributed by atoms with E-state index in [9.17, 15) is 9.59 Å². The fraction of sp³-hybridized carbons (Fsp3) is 0.508. The molecule has 22 N–H and O–H groups in total. The Morgan fingerprint density at radius 2 is 0.956 bits per heavy atom. The van der Waals surface area contributed by atoms with Gasteiger partial charge in [-0.25, -0.2) is 9.59 Å². The molecule has 4 aromatic carbocycles. The van der Waals surface area contributed by atoms with Crippen LogP contribution in [-0.2, 0) is 26.3 Å². The quantitative estimate of drug-likeness (QED) is 0.0144. The van der Waals surface area contributed by atoms with Gasteiger partial charge in [-0.3, -0.25) is 32.3 Å². The number of quaternary nitrogens is 1. The maximum Gasteiger partial charge on any atom is 0.335 e. The van der Waals surface area contributed by atoms with Crippen molar-refractivity contribution in [3.05, 3.63) is 124 Å². The van der Waals surface area contributed by atoms with Gasteiger partial charge in [0.25, 0.3) is 0 Å². The first-order chi connectivity index (χ1) is 42.1. The maximum atomic E-state index is 10.1. The summed E-state index contributed by atoms with van der Waals surface area (Å²) in [5, 5.41) is 153. The lowest BCUT2D eigenvalue weighted by atomic mass is 9.72. The Morgan fingerprint density at radius 1 is 0.549 bits per heavy atom. The summed E-state index contributed by atoms with van der Waals surface area (Å²) >= 11 is 11.7. The highest BCUT2D eigenvalue weighted by molar-refractivity contribution is 6.31. The lowest BCUT2D eigenvalue weighted by molar-refractivity contribution is -0.904. The summed E-state index contributed by atoms with van der Waals surface area (Å²) in [6.45, 7) is 15.0. The Hall–Kier alpha value is -6.51. The molecule has 0 heterocycles. The molecule has 4 aromatic rings. The summed E-state index contributed by atoms with van der Waals surface area (Å²) in [7, 11) is 4.49. The molecule has 0 aliphatic carbocycles. The zero-order valence-electron chi connectivity index (χ0n) is 52.4. The molecule has 0 spiro atoms. The van der Waals surface area contributed by atoms with Crippen LogP contribution in [0.3, 0.4) is 0 Å². The van der Waals surface area contributed by atoms with Crippen LogP contribution in [0.5, 0.6) is 5.75 Å². The Kier molecular flexibility index (Phi) is 41.0. The number of carbonyl (C=O) groups is 2. The van der Waals surface area contributed by atoms with E-state index in [0.717, 1.165) is 62.0 Å². The number of halogens is 3. The molecule has 0 aromatic heterocycles. The number of aliphatic carboxylic acids is 2. The van der Waals surface area contributed by atoms with Crippen molar-refractivity contribution < 1.29 is 97.2 Å². The lowest BCUT2D eigenvalue weighted by Gasteiger charge is -2.33. The molecular weight excluding hydrogens is 1250 g/mol. The summed E-state index contributed by atoms with van der Waals surface area (Å²) in [4.78, 5) is 20.2. The van der Waals surface area contributed by atoms with Crippen molar-refractivity contribution in [2.45, 2.75) is 128 Å². The number of likely N-dealkylation sites (N-methyl/N-ethyl adjacent to an activating group) is 1. The molecule has 27 nitrogen and oxygen atoms in total. The molecule has 8 atom stereocenters. The van der Waals surface area contributed by atoms with E-state index in [4.69, 9.17) is 116 Å². The van der Waals surface area contributed by atoms with Crippen LogP contribution in [0.4, 0.5) is 11.4 Å². The number of nitrogens with one attached hydrogen (secondary N) is 10. The van der Waals surface area contributed by atoms with Gasteiger partial charge in [-0.15, -0.1) is 0 Å². The maximum absolute atomic E-state index is 10.1. The minimum atomic E-state index is -2.20. The Bertz CT molecular complexity index is 2600. The van der Waals surface area contributed by atoms with E-state index in [0.29, 0.717) is 53.1 Å². The molecule has 0 unspecified atom stereocenters. The second kappa shape index (κ2) is 44.1. The van der Waals surface area contributed by atoms with Gasteiger partial charge in [-0.1, -0.05) is 113 Å². The van der Waals surface area contributed by atoms with E-state index in [1.165, 1.54) is 11.1 Å². The first-order valence-electron chi connectivity index (χ1n) is 28.8. The van der Waals surface area contributed by atoms with Crippen LogP contribution in [0.1, 0.15) is 77.8 Å². The molecule has 0 aliphatic rings. The summed E-state index contributed by atoms with van der Waals surface area (Å²) in [6, 6.07) is 33.1. The van der Waals surface area contributed by atoms with Crippen LogP contribution in [-0.4, -0.2) is 217 Å². The van der Waals surface area contributed by atoms with E-state index in [1.54, 1.807) is 48.5 Å². The number of aliphatic hydroxyl groups excluding tert-OH is 10. The fourth-order valence-corrected chi connectivity index (χ4v) is 8.59. The number of carboxylic acid groups (broad SMARTS) is 2. The average Bonchev–Trinajstić information content (AvgIpc) is 1.18. The normalized spacial score (nSPS) is 13.8. The number of unbranched alkanes of at least 4 members (excludes halogenated alkanes) is 3. The Labute approximate surface area is 548 Å². The highest BCUT2D eigenvalue weighted by Crippen LogP contribution is 2.36. The standard InChI is InChI=1S/C27H42NO2.C22H30Cl2N10.2C6H12O7.ClH/c1-26(2,3)22-27(4,5)24-13-15-25(16-14-24)30-20-19-29-18-17-28(6,7)21-23-11-9-8-10-12-23;23-15-5-9-17(10-6-15)31-21(27)33-19(25)29-13-3-1-2-4-14-30-20(26)34-22(28)32-18-11-7-16(24)8-12-18;2*7-1-2(8)3(9)4(10)5(11)6(12)13;/h8-16H,17-22H2,1-7H3;5-12H,1-4,13-14H2,(H5,25,27,29,31,33)(H5,26,28,30,32,34);2*2-5,7-11H,1H2,(H,12,13);1H/q+1;;;;/p-1/t;;2*2-,3-,4+,5-;/m..11./s1. The molecule has 4 rings (SSSR count). The Morgan fingerprint density at radius 3 is 1.33 bits per heavy atom. The van der Waals surface area contributed by atoms with Gasteiger partial charge in [0.05, 0.1) is 40.5 Å². The van der Waals surface area contributed by atoms with Crippen LogP contribution < -0.4 is 49.0 Å². The number of nitrogens with zero attached hydrogens (tertiary/aromatic N) is 1. The number of aliphatic hydroxyl groups is 10.